The van der Waals surface area contributed by atoms with Gasteiger partial charge in [0.25, 0.3) is 0 Å². The largest absolute Gasteiger partial charge is 0.387 e. The molecule has 1 saturated heterocycles. The average Bonchev–Trinajstić information content (AvgIpc) is 2.82. The molecule has 5 nitrogen and oxygen atoms in total. The Morgan fingerprint density at radius 1 is 1.40 bits per heavy atom. The zero-order valence-electron chi connectivity index (χ0n) is 11.9. The first-order valence-corrected chi connectivity index (χ1v) is 6.99. The van der Waals surface area contributed by atoms with Gasteiger partial charge in [0.2, 0.25) is 0 Å². The Kier molecular flexibility index (Phi) is 3.54. The Bertz CT molecular complexity index is 587. The van der Waals surface area contributed by atoms with Crippen molar-refractivity contribution in [2.45, 2.75) is 32.5 Å². The highest BCUT2D eigenvalue weighted by Crippen LogP contribution is 2.23. The van der Waals surface area contributed by atoms with Gasteiger partial charge in [-0.15, -0.1) is 5.10 Å². The fraction of sp³-hybridized carbons (Fsp3) is 0.467. The highest BCUT2D eigenvalue weighted by molar-refractivity contribution is 5.22. The Morgan fingerprint density at radius 3 is 2.85 bits per heavy atom. The minimum absolute atomic E-state index is 0.375. The zero-order valence-corrected chi connectivity index (χ0v) is 11.9. The molecule has 0 unspecified atom stereocenters. The summed E-state index contributed by atoms with van der Waals surface area (Å²) in [4.78, 5) is 2.39. The Hall–Kier alpha value is -1.72. The van der Waals surface area contributed by atoms with E-state index in [-0.39, 0.29) is 0 Å². The van der Waals surface area contributed by atoms with Crippen LogP contribution < -0.4 is 0 Å². The van der Waals surface area contributed by atoms with Crippen molar-refractivity contribution in [3.63, 3.8) is 0 Å². The summed E-state index contributed by atoms with van der Waals surface area (Å²) in [5.41, 5.74) is 3.30. The molecule has 0 amide bonds. The normalized spacial score (nSPS) is 17.9. The molecule has 1 atom stereocenters. The van der Waals surface area contributed by atoms with E-state index in [1.807, 2.05) is 10.9 Å². The summed E-state index contributed by atoms with van der Waals surface area (Å²) in [5.74, 6) is 0. The van der Waals surface area contributed by atoms with Crippen LogP contribution in [0.1, 0.15) is 35.9 Å². The number of hydrogen-bond donors (Lipinski definition) is 1. The third kappa shape index (κ3) is 2.73. The molecular formula is C15H20N4O. The lowest BCUT2D eigenvalue weighted by Gasteiger charge is -2.38. The van der Waals surface area contributed by atoms with E-state index in [4.69, 9.17) is 0 Å². The Balaban J connectivity index is 1.55. The van der Waals surface area contributed by atoms with Gasteiger partial charge in [0.05, 0.1) is 18.3 Å². The molecule has 1 aliphatic rings. The zero-order chi connectivity index (χ0) is 14.1. The van der Waals surface area contributed by atoms with E-state index in [1.165, 1.54) is 11.1 Å². The molecule has 1 aromatic carbocycles. The van der Waals surface area contributed by atoms with Crippen LogP contribution in [0.25, 0.3) is 0 Å². The molecule has 3 rings (SSSR count). The van der Waals surface area contributed by atoms with Gasteiger partial charge in [0.15, 0.2) is 0 Å². The van der Waals surface area contributed by atoms with Crippen molar-refractivity contribution in [3.05, 3.63) is 47.3 Å². The van der Waals surface area contributed by atoms with E-state index < -0.39 is 6.10 Å². The van der Waals surface area contributed by atoms with Crippen LogP contribution in [0, 0.1) is 6.92 Å². The number of likely N-dealkylation sites (tertiary alicyclic amines) is 1. The number of aryl methyl sites for hydroxylation is 1. The van der Waals surface area contributed by atoms with E-state index in [0.717, 1.165) is 19.6 Å². The maximum Gasteiger partial charge on any atom is 0.111 e. The molecular weight excluding hydrogens is 252 g/mol. The summed E-state index contributed by atoms with van der Waals surface area (Å²) in [6.45, 7) is 6.78. The fourth-order valence-corrected chi connectivity index (χ4v) is 2.57. The van der Waals surface area contributed by atoms with E-state index in [9.17, 15) is 5.11 Å². The summed E-state index contributed by atoms with van der Waals surface area (Å²) in [5, 5.41) is 17.5. The lowest BCUT2D eigenvalue weighted by Crippen LogP contribution is -2.47. The predicted molar refractivity (Wildman–Crippen MR) is 76.1 cm³/mol. The summed E-state index contributed by atoms with van der Waals surface area (Å²) in [6.07, 6.45) is 1.30. The molecule has 0 aliphatic carbocycles. The number of aliphatic hydroxyl groups excluding tert-OH is 1. The van der Waals surface area contributed by atoms with E-state index in [0.29, 0.717) is 11.7 Å². The molecule has 1 fully saturated rings. The number of rotatable bonds is 4. The molecule has 0 bridgehead atoms. The van der Waals surface area contributed by atoms with E-state index in [1.54, 1.807) is 6.92 Å². The fourth-order valence-electron chi connectivity index (χ4n) is 2.57. The molecule has 1 aromatic heterocycles. The minimum atomic E-state index is -0.549. The number of nitrogens with zero attached hydrogens (tertiary/aromatic N) is 4. The van der Waals surface area contributed by atoms with Gasteiger partial charge in [-0.3, -0.25) is 4.90 Å². The molecule has 0 radical (unpaired) electrons. The molecule has 106 valence electrons. The van der Waals surface area contributed by atoms with Crippen LogP contribution in [0.3, 0.4) is 0 Å². The van der Waals surface area contributed by atoms with Crippen LogP contribution in [-0.4, -0.2) is 38.1 Å². The first kappa shape index (κ1) is 13.3. The van der Waals surface area contributed by atoms with Crippen LogP contribution in [0.4, 0.5) is 0 Å². The minimum Gasteiger partial charge on any atom is -0.387 e. The van der Waals surface area contributed by atoms with Crippen LogP contribution in [0.15, 0.2) is 30.5 Å². The summed E-state index contributed by atoms with van der Waals surface area (Å²) in [6, 6.07) is 9.00. The lowest BCUT2D eigenvalue weighted by molar-refractivity contribution is 0.0895. The van der Waals surface area contributed by atoms with Gasteiger partial charge in [0, 0.05) is 19.6 Å². The average molecular weight is 272 g/mol. The first-order valence-electron chi connectivity index (χ1n) is 6.99. The smallest absolute Gasteiger partial charge is 0.111 e. The van der Waals surface area contributed by atoms with Crippen LogP contribution in [-0.2, 0) is 6.54 Å². The molecule has 1 aliphatic heterocycles. The van der Waals surface area contributed by atoms with Crippen molar-refractivity contribution in [1.29, 1.82) is 0 Å². The molecule has 2 heterocycles. The molecule has 5 heteroatoms. The van der Waals surface area contributed by atoms with Crippen molar-refractivity contribution < 1.29 is 5.11 Å². The van der Waals surface area contributed by atoms with Gasteiger partial charge in [-0.25, -0.2) is 4.68 Å². The van der Waals surface area contributed by atoms with Crippen LogP contribution >= 0.6 is 0 Å². The second-order valence-electron chi connectivity index (χ2n) is 5.64. The molecule has 0 saturated carbocycles. The second-order valence-corrected chi connectivity index (χ2v) is 5.64. The topological polar surface area (TPSA) is 54.2 Å². The van der Waals surface area contributed by atoms with Crippen molar-refractivity contribution in [2.75, 3.05) is 13.1 Å². The van der Waals surface area contributed by atoms with Gasteiger partial charge >= 0.3 is 0 Å². The van der Waals surface area contributed by atoms with Crippen molar-refractivity contribution in [2.24, 2.45) is 0 Å². The highest BCUT2D eigenvalue weighted by Gasteiger charge is 2.29. The molecule has 1 N–H and O–H groups in total. The Morgan fingerprint density at radius 2 is 2.20 bits per heavy atom. The maximum absolute atomic E-state index is 9.46. The molecule has 20 heavy (non-hydrogen) atoms. The van der Waals surface area contributed by atoms with Crippen LogP contribution in [0.2, 0.25) is 0 Å². The van der Waals surface area contributed by atoms with Gasteiger partial charge in [-0.2, -0.15) is 0 Å². The summed E-state index contributed by atoms with van der Waals surface area (Å²) >= 11 is 0. The van der Waals surface area contributed by atoms with Gasteiger partial charge in [-0.1, -0.05) is 35.0 Å². The predicted octanol–water partition coefficient (Wildman–Crippen LogP) is 1.70. The lowest BCUT2D eigenvalue weighted by atomic mass is 10.1. The second kappa shape index (κ2) is 5.34. The third-order valence-electron chi connectivity index (χ3n) is 3.76. The monoisotopic (exact) mass is 272 g/mol. The van der Waals surface area contributed by atoms with Crippen LogP contribution in [0.5, 0.6) is 0 Å². The molecule has 2 aromatic rings. The first-order chi connectivity index (χ1) is 9.61. The highest BCUT2D eigenvalue weighted by atomic mass is 16.3. The van der Waals surface area contributed by atoms with E-state index >= 15 is 0 Å². The third-order valence-corrected chi connectivity index (χ3v) is 3.76. The SMILES string of the molecule is Cc1cccc(CN2CC(n3cc([C@@H](C)O)nn3)C2)c1. The number of aromatic nitrogens is 3. The standard InChI is InChI=1S/C15H20N4O/c1-11-4-3-5-13(6-11)7-18-8-14(9-18)19-10-15(12(2)20)16-17-19/h3-6,10,12,14,20H,7-9H2,1-2H3/t12-/m1/s1. The van der Waals surface area contributed by atoms with Crippen molar-refractivity contribution in [1.82, 2.24) is 19.9 Å². The van der Waals surface area contributed by atoms with Gasteiger partial charge in [-0.05, 0) is 19.4 Å². The summed E-state index contributed by atoms with van der Waals surface area (Å²) < 4.78 is 1.87. The molecule has 0 spiro atoms. The number of hydrogen-bond acceptors (Lipinski definition) is 4. The van der Waals surface area contributed by atoms with Crippen molar-refractivity contribution >= 4 is 0 Å². The van der Waals surface area contributed by atoms with Gasteiger partial charge in [0.1, 0.15) is 5.69 Å². The Labute approximate surface area is 118 Å². The summed E-state index contributed by atoms with van der Waals surface area (Å²) in [7, 11) is 0. The van der Waals surface area contributed by atoms with Gasteiger partial charge < -0.3 is 5.11 Å². The number of aliphatic hydroxyl groups is 1. The maximum atomic E-state index is 9.46. The quantitative estimate of drug-likeness (QED) is 0.920. The van der Waals surface area contributed by atoms with E-state index in [2.05, 4.69) is 46.4 Å². The number of benzene rings is 1. The van der Waals surface area contributed by atoms with Crippen molar-refractivity contribution in [3.8, 4) is 0 Å².